The summed E-state index contributed by atoms with van der Waals surface area (Å²) in [5, 5.41) is 12.5. The SMILES string of the molecule is CCNC(C)c1cc(Cl)ccc1OCCCC#N. The Morgan fingerprint density at radius 3 is 2.94 bits per heavy atom. The molecule has 0 spiro atoms. The molecule has 18 heavy (non-hydrogen) atoms. The van der Waals surface area contributed by atoms with E-state index in [9.17, 15) is 0 Å². The van der Waals surface area contributed by atoms with Gasteiger partial charge >= 0.3 is 0 Å². The second-order valence-corrected chi connectivity index (χ2v) is 4.51. The van der Waals surface area contributed by atoms with Crippen molar-refractivity contribution in [3.05, 3.63) is 28.8 Å². The van der Waals surface area contributed by atoms with Crippen molar-refractivity contribution in [1.29, 1.82) is 5.26 Å². The van der Waals surface area contributed by atoms with E-state index in [-0.39, 0.29) is 6.04 Å². The Balaban J connectivity index is 2.73. The zero-order chi connectivity index (χ0) is 13.4. The topological polar surface area (TPSA) is 45.0 Å². The van der Waals surface area contributed by atoms with E-state index in [1.54, 1.807) is 0 Å². The van der Waals surface area contributed by atoms with E-state index < -0.39 is 0 Å². The highest BCUT2D eigenvalue weighted by atomic mass is 35.5. The second kappa shape index (κ2) is 7.97. The Kier molecular flexibility index (Phi) is 6.56. The van der Waals surface area contributed by atoms with Crippen LogP contribution in [0.2, 0.25) is 5.02 Å². The number of hydrogen-bond acceptors (Lipinski definition) is 3. The second-order valence-electron chi connectivity index (χ2n) is 4.07. The minimum Gasteiger partial charge on any atom is -0.493 e. The van der Waals surface area contributed by atoms with Crippen molar-refractivity contribution in [3.63, 3.8) is 0 Å². The Hall–Kier alpha value is -1.24. The van der Waals surface area contributed by atoms with E-state index in [1.165, 1.54) is 0 Å². The van der Waals surface area contributed by atoms with Gasteiger partial charge in [-0.25, -0.2) is 0 Å². The van der Waals surface area contributed by atoms with E-state index in [0.29, 0.717) is 18.1 Å². The van der Waals surface area contributed by atoms with Crippen LogP contribution in [-0.4, -0.2) is 13.2 Å². The molecule has 0 aliphatic rings. The van der Waals surface area contributed by atoms with Crippen LogP contribution in [0.3, 0.4) is 0 Å². The molecule has 1 N–H and O–H groups in total. The van der Waals surface area contributed by atoms with Gasteiger partial charge < -0.3 is 10.1 Å². The molecule has 3 nitrogen and oxygen atoms in total. The summed E-state index contributed by atoms with van der Waals surface area (Å²) in [5.74, 6) is 0.839. The summed E-state index contributed by atoms with van der Waals surface area (Å²) in [7, 11) is 0. The van der Waals surface area contributed by atoms with Crippen LogP contribution in [-0.2, 0) is 0 Å². The third-order valence-electron chi connectivity index (χ3n) is 2.64. The maximum absolute atomic E-state index is 8.48. The van der Waals surface area contributed by atoms with Gasteiger partial charge in [0.2, 0.25) is 0 Å². The lowest BCUT2D eigenvalue weighted by atomic mass is 10.1. The quantitative estimate of drug-likeness (QED) is 0.766. The van der Waals surface area contributed by atoms with Crippen molar-refractivity contribution >= 4 is 11.6 Å². The molecule has 0 saturated carbocycles. The van der Waals surface area contributed by atoms with Crippen LogP contribution < -0.4 is 10.1 Å². The fraction of sp³-hybridized carbons (Fsp3) is 0.500. The first-order chi connectivity index (χ1) is 8.69. The molecule has 0 saturated heterocycles. The normalized spacial score (nSPS) is 11.9. The fourth-order valence-electron chi connectivity index (χ4n) is 1.74. The van der Waals surface area contributed by atoms with Gasteiger partial charge in [-0.1, -0.05) is 18.5 Å². The van der Waals surface area contributed by atoms with Crippen molar-refractivity contribution in [2.75, 3.05) is 13.2 Å². The van der Waals surface area contributed by atoms with Gasteiger partial charge in [-0.05, 0) is 38.1 Å². The van der Waals surface area contributed by atoms with Crippen LogP contribution >= 0.6 is 11.6 Å². The predicted octanol–water partition coefficient (Wildman–Crippen LogP) is 3.69. The number of ether oxygens (including phenoxy) is 1. The molecule has 0 fully saturated rings. The molecule has 1 aromatic rings. The predicted molar refractivity (Wildman–Crippen MR) is 73.9 cm³/mol. The third kappa shape index (κ3) is 4.56. The first-order valence-corrected chi connectivity index (χ1v) is 6.59. The summed E-state index contributed by atoms with van der Waals surface area (Å²) in [6.45, 7) is 5.59. The molecule has 0 amide bonds. The lowest BCUT2D eigenvalue weighted by Crippen LogP contribution is -2.18. The summed E-state index contributed by atoms with van der Waals surface area (Å²) in [4.78, 5) is 0. The molecule has 0 heterocycles. The largest absolute Gasteiger partial charge is 0.493 e. The van der Waals surface area contributed by atoms with E-state index in [2.05, 4.69) is 25.2 Å². The van der Waals surface area contributed by atoms with Crippen molar-refractivity contribution in [2.24, 2.45) is 0 Å². The zero-order valence-corrected chi connectivity index (χ0v) is 11.6. The van der Waals surface area contributed by atoms with Crippen LogP contribution in [0.5, 0.6) is 5.75 Å². The van der Waals surface area contributed by atoms with Crippen LogP contribution in [0, 0.1) is 11.3 Å². The van der Waals surface area contributed by atoms with Gasteiger partial charge in [-0.3, -0.25) is 0 Å². The number of nitrogens with zero attached hydrogens (tertiary/aromatic N) is 1. The summed E-state index contributed by atoms with van der Waals surface area (Å²) >= 11 is 6.02. The molecule has 1 atom stereocenters. The molecule has 1 unspecified atom stereocenters. The average Bonchev–Trinajstić information content (AvgIpc) is 2.36. The molecule has 1 aromatic carbocycles. The Morgan fingerprint density at radius 2 is 2.28 bits per heavy atom. The third-order valence-corrected chi connectivity index (χ3v) is 2.87. The molecule has 4 heteroatoms. The maximum atomic E-state index is 8.48. The molecular weight excluding hydrogens is 248 g/mol. The summed E-state index contributed by atoms with van der Waals surface area (Å²) < 4.78 is 5.71. The smallest absolute Gasteiger partial charge is 0.124 e. The minimum atomic E-state index is 0.194. The van der Waals surface area contributed by atoms with Gasteiger partial charge in [0.15, 0.2) is 0 Å². The van der Waals surface area contributed by atoms with Gasteiger partial charge in [-0.15, -0.1) is 0 Å². The highest BCUT2D eigenvalue weighted by molar-refractivity contribution is 6.30. The molecule has 0 aliphatic heterocycles. The van der Waals surface area contributed by atoms with Crippen LogP contribution in [0.25, 0.3) is 0 Å². The standard InChI is InChI=1S/C14H19ClN2O/c1-3-17-11(2)13-10-12(15)6-7-14(13)18-9-5-4-8-16/h6-7,10-11,17H,3-5,9H2,1-2H3. The van der Waals surface area contributed by atoms with Gasteiger partial charge in [0.25, 0.3) is 0 Å². The molecule has 0 aromatic heterocycles. The fourth-order valence-corrected chi connectivity index (χ4v) is 1.92. The van der Waals surface area contributed by atoms with Crippen LogP contribution in [0.1, 0.15) is 38.3 Å². The number of benzene rings is 1. The maximum Gasteiger partial charge on any atom is 0.124 e. The van der Waals surface area contributed by atoms with Crippen molar-refractivity contribution < 1.29 is 4.74 Å². The molecule has 0 aliphatic carbocycles. The monoisotopic (exact) mass is 266 g/mol. The number of hydrogen-bond donors (Lipinski definition) is 1. The zero-order valence-electron chi connectivity index (χ0n) is 10.9. The van der Waals surface area contributed by atoms with Crippen molar-refractivity contribution in [3.8, 4) is 11.8 Å². The number of rotatable bonds is 7. The number of nitrogens with one attached hydrogen (secondary N) is 1. The van der Waals surface area contributed by atoms with Gasteiger partial charge in [0, 0.05) is 23.0 Å². The van der Waals surface area contributed by atoms with E-state index in [4.69, 9.17) is 21.6 Å². The van der Waals surface area contributed by atoms with E-state index in [0.717, 1.165) is 24.3 Å². The van der Waals surface area contributed by atoms with E-state index >= 15 is 0 Å². The average molecular weight is 267 g/mol. The summed E-state index contributed by atoms with van der Waals surface area (Å²) in [6, 6.07) is 7.94. The molecule has 0 bridgehead atoms. The Morgan fingerprint density at radius 1 is 1.50 bits per heavy atom. The molecule has 0 radical (unpaired) electrons. The van der Waals surface area contributed by atoms with Gasteiger partial charge in [0.1, 0.15) is 5.75 Å². The van der Waals surface area contributed by atoms with Crippen LogP contribution in [0.4, 0.5) is 0 Å². The first kappa shape index (κ1) is 14.8. The lowest BCUT2D eigenvalue weighted by molar-refractivity contribution is 0.306. The first-order valence-electron chi connectivity index (χ1n) is 6.21. The van der Waals surface area contributed by atoms with Gasteiger partial charge in [-0.2, -0.15) is 5.26 Å². The summed E-state index contributed by atoms with van der Waals surface area (Å²) in [5.41, 5.74) is 1.06. The van der Waals surface area contributed by atoms with E-state index in [1.807, 2.05) is 18.2 Å². The Bertz CT molecular complexity index is 415. The van der Waals surface area contributed by atoms with Crippen molar-refractivity contribution in [2.45, 2.75) is 32.7 Å². The van der Waals surface area contributed by atoms with Crippen molar-refractivity contribution in [1.82, 2.24) is 5.32 Å². The highest BCUT2D eigenvalue weighted by Gasteiger charge is 2.11. The Labute approximate surface area is 114 Å². The molecular formula is C14H19ClN2O. The highest BCUT2D eigenvalue weighted by Crippen LogP contribution is 2.28. The summed E-state index contributed by atoms with van der Waals surface area (Å²) in [6.07, 6.45) is 1.26. The number of nitriles is 1. The molecule has 1 rings (SSSR count). The molecule has 98 valence electrons. The number of unbranched alkanes of at least 4 members (excludes halogenated alkanes) is 1. The lowest BCUT2D eigenvalue weighted by Gasteiger charge is -2.18. The van der Waals surface area contributed by atoms with Gasteiger partial charge in [0.05, 0.1) is 12.7 Å². The van der Waals surface area contributed by atoms with Crippen LogP contribution in [0.15, 0.2) is 18.2 Å². The number of halogens is 1. The minimum absolute atomic E-state index is 0.194.